The summed E-state index contributed by atoms with van der Waals surface area (Å²) in [6.07, 6.45) is 1.35. The Balaban J connectivity index is 1.79. The molecule has 2 aromatic heterocycles. The van der Waals surface area contributed by atoms with Gasteiger partial charge < -0.3 is 9.72 Å². The van der Waals surface area contributed by atoms with E-state index in [0.29, 0.717) is 22.6 Å². The molecule has 23 heavy (non-hydrogen) atoms. The number of ketones is 1. The number of benzene rings is 1. The molecule has 3 aromatic rings. The molecular weight excluding hydrogens is 314 g/mol. The standard InChI is InChI=1S/C16H15N3O3S/c1-3-12-15(23-19-18-12)16(21)22-9(2)14(20)11-8-17-13-7-5-4-6-10(11)13/h4-9,17H,3H2,1-2H3. The Kier molecular flexibility index (Phi) is 4.20. The van der Waals surface area contributed by atoms with E-state index in [-0.39, 0.29) is 5.78 Å². The average Bonchev–Trinajstić information content (AvgIpc) is 3.20. The normalized spacial score (nSPS) is 12.3. The van der Waals surface area contributed by atoms with Crippen molar-refractivity contribution in [3.63, 3.8) is 0 Å². The third-order valence-electron chi connectivity index (χ3n) is 3.58. The van der Waals surface area contributed by atoms with Crippen molar-refractivity contribution in [2.45, 2.75) is 26.4 Å². The Labute approximate surface area is 136 Å². The maximum absolute atomic E-state index is 12.6. The first-order valence-corrected chi connectivity index (χ1v) is 8.01. The second kappa shape index (κ2) is 6.29. The van der Waals surface area contributed by atoms with Crippen molar-refractivity contribution in [2.75, 3.05) is 0 Å². The molecule has 0 spiro atoms. The van der Waals surface area contributed by atoms with Gasteiger partial charge in [-0.25, -0.2) is 4.79 Å². The van der Waals surface area contributed by atoms with Crippen LogP contribution in [0.4, 0.5) is 0 Å². The van der Waals surface area contributed by atoms with Crippen LogP contribution in [0.15, 0.2) is 30.5 Å². The number of H-pyrrole nitrogens is 1. The number of para-hydroxylation sites is 1. The minimum atomic E-state index is -0.881. The Morgan fingerprint density at radius 2 is 2.13 bits per heavy atom. The second-order valence-electron chi connectivity index (χ2n) is 5.06. The van der Waals surface area contributed by atoms with Crippen LogP contribution in [0, 0.1) is 0 Å². The molecule has 1 aromatic carbocycles. The first-order valence-electron chi connectivity index (χ1n) is 7.24. The number of aromatic nitrogens is 3. The van der Waals surface area contributed by atoms with Crippen LogP contribution in [-0.2, 0) is 11.2 Å². The number of ether oxygens (including phenoxy) is 1. The first-order chi connectivity index (χ1) is 11.1. The van der Waals surface area contributed by atoms with Crippen molar-refractivity contribution >= 4 is 34.2 Å². The van der Waals surface area contributed by atoms with Gasteiger partial charge in [-0.05, 0) is 30.9 Å². The molecule has 0 aliphatic carbocycles. The molecule has 1 atom stereocenters. The van der Waals surface area contributed by atoms with Gasteiger partial charge >= 0.3 is 5.97 Å². The lowest BCUT2D eigenvalue weighted by Crippen LogP contribution is -2.24. The van der Waals surface area contributed by atoms with Gasteiger partial charge in [0.25, 0.3) is 0 Å². The lowest BCUT2D eigenvalue weighted by Gasteiger charge is -2.11. The summed E-state index contributed by atoms with van der Waals surface area (Å²) in [5.41, 5.74) is 1.97. The number of nitrogens with one attached hydrogen (secondary N) is 1. The van der Waals surface area contributed by atoms with Crippen molar-refractivity contribution < 1.29 is 14.3 Å². The van der Waals surface area contributed by atoms with Crippen molar-refractivity contribution in [1.82, 2.24) is 14.6 Å². The smallest absolute Gasteiger partial charge is 0.352 e. The average molecular weight is 329 g/mol. The predicted octanol–water partition coefficient (Wildman–Crippen LogP) is 3.01. The number of hydrogen-bond donors (Lipinski definition) is 1. The van der Waals surface area contributed by atoms with Gasteiger partial charge in [-0.2, -0.15) is 0 Å². The van der Waals surface area contributed by atoms with Crippen LogP contribution in [0.5, 0.6) is 0 Å². The zero-order valence-electron chi connectivity index (χ0n) is 12.7. The molecular formula is C16H15N3O3S. The summed E-state index contributed by atoms with van der Waals surface area (Å²) in [5, 5.41) is 4.69. The van der Waals surface area contributed by atoms with E-state index in [1.165, 1.54) is 0 Å². The summed E-state index contributed by atoms with van der Waals surface area (Å²) < 4.78 is 9.06. The van der Waals surface area contributed by atoms with Gasteiger partial charge in [0.2, 0.25) is 5.78 Å². The lowest BCUT2D eigenvalue weighted by molar-refractivity contribution is 0.0323. The maximum Gasteiger partial charge on any atom is 0.352 e. The molecule has 3 rings (SSSR count). The minimum Gasteiger partial charge on any atom is -0.450 e. The fraction of sp³-hybridized carbons (Fsp3) is 0.250. The van der Waals surface area contributed by atoms with Crippen molar-refractivity contribution in [2.24, 2.45) is 0 Å². The molecule has 118 valence electrons. The monoisotopic (exact) mass is 329 g/mol. The summed E-state index contributed by atoms with van der Waals surface area (Å²) >= 11 is 0.983. The first kappa shape index (κ1) is 15.4. The van der Waals surface area contributed by atoms with E-state index in [9.17, 15) is 9.59 Å². The van der Waals surface area contributed by atoms with Crippen LogP contribution in [0.25, 0.3) is 10.9 Å². The van der Waals surface area contributed by atoms with Gasteiger partial charge in [0.15, 0.2) is 11.0 Å². The van der Waals surface area contributed by atoms with Crippen LogP contribution >= 0.6 is 11.5 Å². The number of esters is 1. The van der Waals surface area contributed by atoms with Crippen LogP contribution in [0.1, 0.15) is 39.6 Å². The molecule has 1 unspecified atom stereocenters. The van der Waals surface area contributed by atoms with Crippen LogP contribution < -0.4 is 0 Å². The number of Topliss-reactive ketones (excluding diaryl/α,β-unsaturated/α-hetero) is 1. The fourth-order valence-corrected chi connectivity index (χ4v) is 2.99. The quantitative estimate of drug-likeness (QED) is 0.574. The molecule has 0 amide bonds. The highest BCUT2D eigenvalue weighted by Crippen LogP contribution is 2.21. The van der Waals surface area contributed by atoms with Gasteiger partial charge in [-0.3, -0.25) is 4.79 Å². The number of carbonyl (C=O) groups is 2. The molecule has 2 heterocycles. The molecule has 6 nitrogen and oxygen atoms in total. The van der Waals surface area contributed by atoms with Crippen molar-refractivity contribution in [1.29, 1.82) is 0 Å². The van der Waals surface area contributed by atoms with Gasteiger partial charge in [0.05, 0.1) is 5.69 Å². The van der Waals surface area contributed by atoms with E-state index in [0.717, 1.165) is 22.4 Å². The number of nitrogens with zero attached hydrogens (tertiary/aromatic N) is 2. The maximum atomic E-state index is 12.6. The number of rotatable bonds is 5. The van der Waals surface area contributed by atoms with E-state index in [2.05, 4.69) is 14.6 Å². The van der Waals surface area contributed by atoms with Crippen LogP contribution in [0.3, 0.4) is 0 Å². The minimum absolute atomic E-state index is 0.244. The molecule has 0 radical (unpaired) electrons. The number of hydrogen-bond acceptors (Lipinski definition) is 6. The van der Waals surface area contributed by atoms with Gasteiger partial charge in [0.1, 0.15) is 0 Å². The Morgan fingerprint density at radius 3 is 2.91 bits per heavy atom. The molecule has 0 aliphatic rings. The summed E-state index contributed by atoms with van der Waals surface area (Å²) in [4.78, 5) is 28.1. The SMILES string of the molecule is CCc1nnsc1C(=O)OC(C)C(=O)c1c[nH]c2ccccc12. The lowest BCUT2D eigenvalue weighted by atomic mass is 10.1. The highest BCUT2D eigenvalue weighted by atomic mass is 32.1. The number of fused-ring (bicyclic) bond motifs is 1. The topological polar surface area (TPSA) is 84.9 Å². The second-order valence-corrected chi connectivity index (χ2v) is 5.82. The van der Waals surface area contributed by atoms with E-state index in [1.807, 2.05) is 31.2 Å². The van der Waals surface area contributed by atoms with E-state index in [4.69, 9.17) is 4.74 Å². The van der Waals surface area contributed by atoms with Gasteiger partial charge in [-0.15, -0.1) is 5.10 Å². The highest BCUT2D eigenvalue weighted by Gasteiger charge is 2.25. The molecule has 0 fully saturated rings. The summed E-state index contributed by atoms with van der Waals surface area (Å²) in [7, 11) is 0. The zero-order valence-corrected chi connectivity index (χ0v) is 13.5. The van der Waals surface area contributed by atoms with E-state index >= 15 is 0 Å². The summed E-state index contributed by atoms with van der Waals surface area (Å²) in [5.74, 6) is -0.802. The Hall–Kier alpha value is -2.54. The van der Waals surface area contributed by atoms with Crippen molar-refractivity contribution in [3.05, 3.63) is 46.6 Å². The molecule has 7 heteroatoms. The van der Waals surface area contributed by atoms with Gasteiger partial charge in [0, 0.05) is 22.7 Å². The summed E-state index contributed by atoms with van der Waals surface area (Å²) in [6.45, 7) is 3.45. The Bertz CT molecular complexity index is 868. The molecule has 0 bridgehead atoms. The third-order valence-corrected chi connectivity index (χ3v) is 4.33. The van der Waals surface area contributed by atoms with Crippen LogP contribution in [0.2, 0.25) is 0 Å². The molecule has 1 N–H and O–H groups in total. The number of carbonyl (C=O) groups excluding carboxylic acids is 2. The van der Waals surface area contributed by atoms with E-state index in [1.54, 1.807) is 13.1 Å². The molecule has 0 saturated heterocycles. The largest absolute Gasteiger partial charge is 0.450 e. The third kappa shape index (κ3) is 2.87. The summed E-state index contributed by atoms with van der Waals surface area (Å²) in [6, 6.07) is 7.50. The fourth-order valence-electron chi connectivity index (χ4n) is 2.36. The number of aromatic amines is 1. The van der Waals surface area contributed by atoms with E-state index < -0.39 is 12.1 Å². The molecule has 0 aliphatic heterocycles. The highest BCUT2D eigenvalue weighted by molar-refractivity contribution is 7.07. The van der Waals surface area contributed by atoms with Gasteiger partial charge in [-0.1, -0.05) is 29.6 Å². The predicted molar refractivity (Wildman–Crippen MR) is 86.8 cm³/mol. The van der Waals surface area contributed by atoms with Crippen molar-refractivity contribution in [3.8, 4) is 0 Å². The molecule has 0 saturated carbocycles. The zero-order chi connectivity index (χ0) is 16.4. The number of aryl methyl sites for hydroxylation is 1. The van der Waals surface area contributed by atoms with Crippen LogP contribution in [-0.4, -0.2) is 32.4 Å². The Morgan fingerprint density at radius 1 is 1.35 bits per heavy atom.